The quantitative estimate of drug-likeness (QED) is 0.258. The molecule has 1 heterocycles. The van der Waals surface area contributed by atoms with Crippen LogP contribution in [0.15, 0.2) is 0 Å². The van der Waals surface area contributed by atoms with E-state index in [2.05, 4.69) is 45.8 Å². The molecule has 0 spiro atoms. The average Bonchev–Trinajstić information content (AvgIpc) is 3.08. The van der Waals surface area contributed by atoms with Crippen LogP contribution in [-0.4, -0.2) is 37.8 Å². The summed E-state index contributed by atoms with van der Waals surface area (Å²) in [6.45, 7) is 12.2. The second-order valence-electron chi connectivity index (χ2n) is 11.4. The first-order valence-electron chi connectivity index (χ1n) is 11.5. The van der Waals surface area contributed by atoms with Crippen LogP contribution in [0.4, 0.5) is 0 Å². The van der Waals surface area contributed by atoms with Gasteiger partial charge in [-0.25, -0.2) is 0 Å². The minimum absolute atomic E-state index is 0. The standard InChI is InChI=1S/C22H41N2Si.CH3.2ClH.Zr/c1-22(2,3)23-25(5,6)21-16-12-8-7-11-15(16)20-19(21)17-13-9-10-14-18(17)24(20)4;;;;/h15-21H,7-14H2,1-6H3;1H3;2*1H;/q2*-1;;;+4/p-2. The molecule has 4 aliphatic rings. The fourth-order valence-corrected chi connectivity index (χ4v) is 12.9. The van der Waals surface area contributed by atoms with E-state index in [0.717, 1.165) is 41.3 Å². The van der Waals surface area contributed by atoms with Crippen molar-refractivity contribution in [3.8, 4) is 0 Å². The number of hydrogen-bond acceptors (Lipinski definition) is 1. The van der Waals surface area contributed by atoms with E-state index in [1.165, 1.54) is 51.4 Å². The van der Waals surface area contributed by atoms with Crippen LogP contribution >= 0.6 is 17.0 Å². The van der Waals surface area contributed by atoms with Crippen LogP contribution in [0.3, 0.4) is 0 Å². The first-order chi connectivity index (χ1) is 13.1. The van der Waals surface area contributed by atoms with E-state index in [1.807, 2.05) is 0 Å². The van der Waals surface area contributed by atoms with Crippen LogP contribution in [0.25, 0.3) is 4.98 Å². The molecular formula is C23H44Cl2N2SiZr. The Morgan fingerprint density at radius 2 is 1.38 bits per heavy atom. The number of halogens is 2. The van der Waals surface area contributed by atoms with E-state index in [9.17, 15) is 0 Å². The first kappa shape index (κ1) is 26.8. The van der Waals surface area contributed by atoms with Crippen LogP contribution in [0.2, 0.25) is 18.6 Å². The van der Waals surface area contributed by atoms with Crippen molar-refractivity contribution < 1.29 is 20.8 Å². The van der Waals surface area contributed by atoms with Gasteiger partial charge >= 0.3 is 37.9 Å². The fraction of sp³-hybridized carbons (Fsp3) is 0.957. The van der Waals surface area contributed by atoms with E-state index in [-0.39, 0.29) is 13.0 Å². The molecule has 4 fully saturated rings. The van der Waals surface area contributed by atoms with Crippen molar-refractivity contribution >= 4 is 25.3 Å². The van der Waals surface area contributed by atoms with Crippen molar-refractivity contribution in [2.75, 3.05) is 7.05 Å². The zero-order valence-corrected chi connectivity index (χ0v) is 24.8. The predicted octanol–water partition coefficient (Wildman–Crippen LogP) is 7.87. The van der Waals surface area contributed by atoms with E-state index < -0.39 is 29.1 Å². The Balaban J connectivity index is 0.000000708. The number of rotatable bonds is 2. The summed E-state index contributed by atoms with van der Waals surface area (Å²) < 4.78 is 0. The van der Waals surface area contributed by atoms with Gasteiger partial charge in [0.1, 0.15) is 0 Å². The number of hydrogen-bond donors (Lipinski definition) is 0. The molecule has 0 N–H and O–H groups in total. The van der Waals surface area contributed by atoms with Gasteiger partial charge in [0.15, 0.2) is 0 Å². The third-order valence-corrected chi connectivity index (χ3v) is 12.0. The summed E-state index contributed by atoms with van der Waals surface area (Å²) in [5, 5.41) is 0. The van der Waals surface area contributed by atoms with Gasteiger partial charge in [-0.3, -0.25) is 4.90 Å². The summed E-state index contributed by atoms with van der Waals surface area (Å²) >= 11 is -0.826. The Morgan fingerprint density at radius 3 is 1.93 bits per heavy atom. The molecule has 6 heteroatoms. The molecule has 0 radical (unpaired) electrons. The van der Waals surface area contributed by atoms with Crippen LogP contribution < -0.4 is 0 Å². The van der Waals surface area contributed by atoms with Crippen molar-refractivity contribution in [1.29, 1.82) is 0 Å². The summed E-state index contributed by atoms with van der Waals surface area (Å²) in [6.07, 6.45) is 11.9. The molecule has 0 aromatic rings. The zero-order valence-electron chi connectivity index (χ0n) is 19.8. The molecular weight excluding hydrogens is 494 g/mol. The van der Waals surface area contributed by atoms with Crippen molar-refractivity contribution in [3.63, 3.8) is 0 Å². The fourth-order valence-electron chi connectivity index (χ4n) is 8.18. The third-order valence-electron chi connectivity index (χ3n) is 8.29. The SMILES string of the molecule is CN1C2CCCCC2C2C1C1CCCCC1C2[Si](C)(C)[N-]C(C)(C)C.[CH3-].[Cl][Zr+2][Cl]. The van der Waals surface area contributed by atoms with Gasteiger partial charge in [-0.1, -0.05) is 79.7 Å². The molecule has 3 saturated carbocycles. The first-order valence-corrected chi connectivity index (χ1v) is 20.9. The summed E-state index contributed by atoms with van der Waals surface area (Å²) in [6, 6.07) is 1.79. The maximum atomic E-state index is 5.56. The molecule has 2 nitrogen and oxygen atoms in total. The van der Waals surface area contributed by atoms with Gasteiger partial charge in [0.2, 0.25) is 0 Å². The van der Waals surface area contributed by atoms with Gasteiger partial charge in [-0.2, -0.15) is 0 Å². The minimum atomic E-state index is -1.61. The molecule has 7 unspecified atom stereocenters. The number of fused-ring (bicyclic) bond motifs is 5. The number of likely N-dealkylation sites (tertiary alicyclic amines) is 1. The molecule has 1 saturated heterocycles. The number of nitrogens with zero attached hydrogens (tertiary/aromatic N) is 2. The van der Waals surface area contributed by atoms with Crippen LogP contribution in [-0.2, 0) is 20.8 Å². The Labute approximate surface area is 201 Å². The Bertz CT molecular complexity index is 525. The van der Waals surface area contributed by atoms with Crippen LogP contribution in [0, 0.1) is 31.1 Å². The monoisotopic (exact) mass is 536 g/mol. The molecule has 3 aliphatic carbocycles. The average molecular weight is 539 g/mol. The molecule has 0 aromatic carbocycles. The second kappa shape index (κ2) is 10.7. The van der Waals surface area contributed by atoms with E-state index in [4.69, 9.17) is 22.0 Å². The topological polar surface area (TPSA) is 17.3 Å². The summed E-state index contributed by atoms with van der Waals surface area (Å²) in [5.74, 6) is 3.93. The Kier molecular flexibility index (Phi) is 9.89. The van der Waals surface area contributed by atoms with E-state index in [1.54, 1.807) is 0 Å². The Morgan fingerprint density at radius 1 is 0.897 bits per heavy atom. The van der Waals surface area contributed by atoms with Gasteiger partial charge < -0.3 is 12.4 Å². The van der Waals surface area contributed by atoms with Crippen LogP contribution in [0.1, 0.15) is 72.1 Å². The Hall–Kier alpha value is 1.60. The zero-order chi connectivity index (χ0) is 20.7. The van der Waals surface area contributed by atoms with E-state index in [0.29, 0.717) is 0 Å². The maximum absolute atomic E-state index is 5.56. The summed E-state index contributed by atoms with van der Waals surface area (Å²) in [7, 11) is 10.8. The van der Waals surface area contributed by atoms with Gasteiger partial charge in [0.05, 0.1) is 0 Å². The molecule has 0 aromatic heterocycles. The second-order valence-corrected chi connectivity index (χ2v) is 19.3. The van der Waals surface area contributed by atoms with Crippen molar-refractivity contribution in [1.82, 2.24) is 4.90 Å². The predicted molar refractivity (Wildman–Crippen MR) is 129 cm³/mol. The van der Waals surface area contributed by atoms with Gasteiger partial charge in [-0.05, 0) is 50.0 Å². The van der Waals surface area contributed by atoms with Crippen molar-refractivity contribution in [2.45, 2.75) is 108 Å². The van der Waals surface area contributed by atoms with Crippen molar-refractivity contribution in [3.05, 3.63) is 12.4 Å². The van der Waals surface area contributed by atoms with Crippen molar-refractivity contribution in [2.24, 2.45) is 23.7 Å². The van der Waals surface area contributed by atoms with Gasteiger partial charge in [0.25, 0.3) is 0 Å². The molecule has 4 rings (SSSR count). The molecule has 7 atom stereocenters. The van der Waals surface area contributed by atoms with Crippen LogP contribution in [0.5, 0.6) is 0 Å². The summed E-state index contributed by atoms with van der Waals surface area (Å²) in [5.41, 5.74) is 1.08. The summed E-state index contributed by atoms with van der Waals surface area (Å²) in [4.78, 5) is 8.46. The van der Waals surface area contributed by atoms with Gasteiger partial charge in [0, 0.05) is 12.1 Å². The molecule has 168 valence electrons. The van der Waals surface area contributed by atoms with Gasteiger partial charge in [-0.15, -0.1) is 5.54 Å². The molecule has 0 amide bonds. The molecule has 29 heavy (non-hydrogen) atoms. The third kappa shape index (κ3) is 5.57. The van der Waals surface area contributed by atoms with E-state index >= 15 is 0 Å². The normalized spacial score (nSPS) is 39.2. The molecule has 0 bridgehead atoms. The molecule has 1 aliphatic heterocycles.